The summed E-state index contributed by atoms with van der Waals surface area (Å²) in [4.78, 5) is 23.6. The van der Waals surface area contributed by atoms with E-state index in [4.69, 9.17) is 9.16 Å². The molecule has 0 radical (unpaired) electrons. The number of benzene rings is 2. The van der Waals surface area contributed by atoms with Crippen molar-refractivity contribution in [2.45, 2.75) is 64.3 Å². The number of amides is 2. The van der Waals surface area contributed by atoms with Gasteiger partial charge < -0.3 is 9.16 Å². The normalized spacial score (nSPS) is 17.1. The molecule has 2 N–H and O–H groups in total. The molecule has 0 spiro atoms. The van der Waals surface area contributed by atoms with Crippen molar-refractivity contribution < 1.29 is 18.8 Å². The zero-order valence-corrected chi connectivity index (χ0v) is 20.6. The van der Waals surface area contributed by atoms with Gasteiger partial charge in [-0.2, -0.15) is 0 Å². The Hall–Kier alpha value is -2.64. The summed E-state index contributed by atoms with van der Waals surface area (Å²) in [5.74, 6) is 1.36. The van der Waals surface area contributed by atoms with Crippen LogP contribution in [-0.4, -0.2) is 26.7 Å². The van der Waals surface area contributed by atoms with Gasteiger partial charge in [-0.05, 0) is 78.7 Å². The van der Waals surface area contributed by atoms with Crippen molar-refractivity contribution in [3.63, 3.8) is 0 Å². The second kappa shape index (κ2) is 9.88. The molecular formula is C25H34N2O4Si. The molecule has 0 bridgehead atoms. The van der Waals surface area contributed by atoms with Gasteiger partial charge in [-0.25, -0.2) is 0 Å². The predicted octanol–water partition coefficient (Wildman–Crippen LogP) is 4.75. The summed E-state index contributed by atoms with van der Waals surface area (Å²) in [7, 11) is -2.19. The lowest BCUT2D eigenvalue weighted by atomic mass is 9.80. The summed E-state index contributed by atoms with van der Waals surface area (Å²) >= 11 is 0. The second-order valence-electron chi connectivity index (χ2n) is 9.90. The average Bonchev–Trinajstić information content (AvgIpc) is 2.75. The van der Waals surface area contributed by atoms with Gasteiger partial charge in [0.2, 0.25) is 6.41 Å². The summed E-state index contributed by atoms with van der Waals surface area (Å²) in [6.45, 7) is 10.8. The highest BCUT2D eigenvalue weighted by atomic mass is 28.4. The molecule has 0 aliphatic heterocycles. The van der Waals surface area contributed by atoms with E-state index in [-0.39, 0.29) is 16.9 Å². The molecule has 0 aromatic heterocycles. The number of para-hydroxylation sites is 1. The van der Waals surface area contributed by atoms with Crippen molar-refractivity contribution in [3.05, 3.63) is 59.7 Å². The van der Waals surface area contributed by atoms with Gasteiger partial charge >= 0.3 is 0 Å². The molecule has 172 valence electrons. The van der Waals surface area contributed by atoms with Gasteiger partial charge in [0.05, 0.1) is 0 Å². The van der Waals surface area contributed by atoms with E-state index >= 15 is 0 Å². The maximum Gasteiger partial charge on any atom is 0.266 e. The zero-order valence-electron chi connectivity index (χ0n) is 19.6. The molecule has 3 rings (SSSR count). The summed E-state index contributed by atoms with van der Waals surface area (Å²) in [6, 6.07) is 15.9. The lowest BCUT2D eigenvalue weighted by molar-refractivity contribution is -0.133. The SMILES string of the molecule is CC(C)(C)[Si](C)(C)OC(C(=O)NNC=O)C1CCc2cc(Oc3ccccc3)ccc2C1. The molecule has 1 aliphatic rings. The first-order chi connectivity index (χ1) is 15.1. The number of aryl methyl sites for hydroxylation is 1. The summed E-state index contributed by atoms with van der Waals surface area (Å²) in [5, 5.41) is -0.0279. The number of nitrogens with one attached hydrogen (secondary N) is 2. The van der Waals surface area contributed by atoms with Crippen LogP contribution in [0.15, 0.2) is 48.5 Å². The fourth-order valence-corrected chi connectivity index (χ4v) is 5.02. The Kier molecular flexibility index (Phi) is 7.41. The maximum absolute atomic E-state index is 12.9. The largest absolute Gasteiger partial charge is 0.457 e. The molecule has 6 nitrogen and oxygen atoms in total. The fourth-order valence-electron chi connectivity index (χ4n) is 3.74. The van der Waals surface area contributed by atoms with Crippen LogP contribution in [0.2, 0.25) is 18.1 Å². The van der Waals surface area contributed by atoms with Crippen LogP contribution in [0, 0.1) is 5.92 Å². The van der Waals surface area contributed by atoms with Crippen LogP contribution in [-0.2, 0) is 26.9 Å². The Morgan fingerprint density at radius 1 is 1.09 bits per heavy atom. The number of rotatable bonds is 8. The number of ether oxygens (including phenoxy) is 1. The fraction of sp³-hybridized carbons (Fsp3) is 0.440. The number of fused-ring (bicyclic) bond motifs is 1. The van der Waals surface area contributed by atoms with Gasteiger partial charge in [0.1, 0.15) is 17.6 Å². The van der Waals surface area contributed by atoms with E-state index in [1.54, 1.807) is 0 Å². The summed E-state index contributed by atoms with van der Waals surface area (Å²) in [6.07, 6.45) is 2.27. The van der Waals surface area contributed by atoms with Crippen molar-refractivity contribution in [2.75, 3.05) is 0 Å². The molecule has 0 saturated heterocycles. The standard InChI is InChI=1S/C25H34N2O4Si/c1-25(2,3)32(4,5)31-23(24(29)27-26-17-28)20-12-11-19-16-22(14-13-18(19)15-20)30-21-9-7-6-8-10-21/h6-10,13-14,16-17,20,23H,11-12,15H2,1-5H3,(H,26,28)(H,27,29). The predicted molar refractivity (Wildman–Crippen MR) is 128 cm³/mol. The van der Waals surface area contributed by atoms with E-state index in [0.29, 0.717) is 6.41 Å². The quantitative estimate of drug-likeness (QED) is 0.343. The Labute approximate surface area is 191 Å². The van der Waals surface area contributed by atoms with Crippen molar-refractivity contribution in [1.29, 1.82) is 0 Å². The van der Waals surface area contributed by atoms with E-state index in [2.05, 4.69) is 56.8 Å². The van der Waals surface area contributed by atoms with Crippen LogP contribution in [0.5, 0.6) is 11.5 Å². The first-order valence-corrected chi connectivity index (χ1v) is 14.0. The topological polar surface area (TPSA) is 76.7 Å². The number of hydrogen-bond donors (Lipinski definition) is 2. The van der Waals surface area contributed by atoms with Gasteiger partial charge in [0, 0.05) is 0 Å². The first kappa shape index (κ1) is 24.0. The van der Waals surface area contributed by atoms with E-state index < -0.39 is 14.4 Å². The van der Waals surface area contributed by atoms with Crippen molar-refractivity contribution >= 4 is 20.6 Å². The average molecular weight is 455 g/mol. The lowest BCUT2D eigenvalue weighted by Gasteiger charge is -2.41. The van der Waals surface area contributed by atoms with Crippen LogP contribution in [0.1, 0.15) is 38.3 Å². The Balaban J connectivity index is 1.78. The van der Waals surface area contributed by atoms with Crippen LogP contribution < -0.4 is 15.6 Å². The van der Waals surface area contributed by atoms with Gasteiger partial charge in [-0.1, -0.05) is 45.0 Å². The molecule has 0 fully saturated rings. The number of carbonyl (C=O) groups is 2. The highest BCUT2D eigenvalue weighted by Crippen LogP contribution is 2.40. The third kappa shape index (κ3) is 5.78. The van der Waals surface area contributed by atoms with E-state index in [1.807, 2.05) is 36.4 Å². The van der Waals surface area contributed by atoms with Crippen LogP contribution in [0.25, 0.3) is 0 Å². The van der Waals surface area contributed by atoms with Crippen LogP contribution in [0.4, 0.5) is 0 Å². The molecule has 2 aromatic carbocycles. The van der Waals surface area contributed by atoms with Gasteiger partial charge in [0.15, 0.2) is 8.32 Å². The maximum atomic E-state index is 12.9. The second-order valence-corrected chi connectivity index (χ2v) is 14.7. The minimum Gasteiger partial charge on any atom is -0.457 e. The van der Waals surface area contributed by atoms with Gasteiger partial charge in [-0.15, -0.1) is 0 Å². The minimum absolute atomic E-state index is 0.0279. The van der Waals surface area contributed by atoms with Gasteiger partial charge in [-0.3, -0.25) is 20.4 Å². The van der Waals surface area contributed by atoms with Crippen LogP contribution >= 0.6 is 0 Å². The molecule has 2 unspecified atom stereocenters. The molecule has 32 heavy (non-hydrogen) atoms. The lowest BCUT2D eigenvalue weighted by Crippen LogP contribution is -2.54. The molecule has 0 heterocycles. The minimum atomic E-state index is -2.19. The van der Waals surface area contributed by atoms with Crippen molar-refractivity contribution in [2.24, 2.45) is 5.92 Å². The molecule has 0 saturated carbocycles. The molecule has 7 heteroatoms. The number of hydrazine groups is 1. The highest BCUT2D eigenvalue weighted by Gasteiger charge is 2.43. The number of carbonyl (C=O) groups excluding carboxylic acids is 2. The summed E-state index contributed by atoms with van der Waals surface area (Å²) < 4.78 is 12.5. The smallest absolute Gasteiger partial charge is 0.266 e. The monoisotopic (exact) mass is 454 g/mol. The van der Waals surface area contributed by atoms with E-state index in [1.165, 1.54) is 11.1 Å². The van der Waals surface area contributed by atoms with Crippen LogP contribution in [0.3, 0.4) is 0 Å². The zero-order chi connectivity index (χ0) is 23.4. The number of hydrogen-bond acceptors (Lipinski definition) is 4. The summed E-state index contributed by atoms with van der Waals surface area (Å²) in [5.41, 5.74) is 7.22. The highest BCUT2D eigenvalue weighted by molar-refractivity contribution is 6.74. The van der Waals surface area contributed by atoms with Crippen molar-refractivity contribution in [3.8, 4) is 11.5 Å². The molecule has 2 atom stereocenters. The third-order valence-corrected chi connectivity index (χ3v) is 11.0. The molecular weight excluding hydrogens is 420 g/mol. The Bertz CT molecular complexity index is 941. The van der Waals surface area contributed by atoms with E-state index in [0.717, 1.165) is 30.8 Å². The Morgan fingerprint density at radius 2 is 1.81 bits per heavy atom. The third-order valence-electron chi connectivity index (χ3n) is 6.59. The Morgan fingerprint density at radius 3 is 2.47 bits per heavy atom. The van der Waals surface area contributed by atoms with Crippen molar-refractivity contribution in [1.82, 2.24) is 10.9 Å². The molecule has 2 aromatic rings. The van der Waals surface area contributed by atoms with E-state index in [9.17, 15) is 9.59 Å². The van der Waals surface area contributed by atoms with Gasteiger partial charge in [0.25, 0.3) is 5.91 Å². The molecule has 2 amide bonds. The molecule has 1 aliphatic carbocycles. The first-order valence-electron chi connectivity index (χ1n) is 11.1.